The van der Waals surface area contributed by atoms with Gasteiger partial charge in [-0.1, -0.05) is 34.1 Å². The van der Waals surface area contributed by atoms with Gasteiger partial charge >= 0.3 is 6.09 Å². The zero-order valence-electron chi connectivity index (χ0n) is 8.20. The van der Waals surface area contributed by atoms with E-state index in [1.165, 1.54) is 5.56 Å². The van der Waals surface area contributed by atoms with Gasteiger partial charge in [-0.15, -0.1) is 0 Å². The summed E-state index contributed by atoms with van der Waals surface area (Å²) >= 11 is 3.51. The first-order valence-corrected chi connectivity index (χ1v) is 5.69. The minimum absolute atomic E-state index is 0.307. The first-order valence-electron chi connectivity index (χ1n) is 4.90. The average molecular weight is 270 g/mol. The number of amides is 1. The molecule has 0 saturated carbocycles. The Labute approximate surface area is 96.9 Å². The summed E-state index contributed by atoms with van der Waals surface area (Å²) in [4.78, 5) is 10.8. The lowest BCUT2D eigenvalue weighted by Crippen LogP contribution is -2.39. The third-order valence-electron chi connectivity index (χ3n) is 2.45. The predicted octanol–water partition coefficient (Wildman–Crippen LogP) is 2.35. The van der Waals surface area contributed by atoms with Crippen molar-refractivity contribution in [3.8, 4) is 0 Å². The quantitative estimate of drug-likeness (QED) is 0.895. The maximum absolute atomic E-state index is 10.8. The van der Waals surface area contributed by atoms with Gasteiger partial charge in [0.2, 0.25) is 0 Å². The zero-order chi connectivity index (χ0) is 10.7. The fourth-order valence-electron chi connectivity index (χ4n) is 1.64. The molecule has 0 aliphatic carbocycles. The normalized spacial score (nSPS) is 20.6. The fourth-order valence-corrected chi connectivity index (χ4v) is 2.08. The summed E-state index contributed by atoms with van der Waals surface area (Å²) in [6.07, 6.45) is 0.611. The van der Waals surface area contributed by atoms with Crippen molar-refractivity contribution in [1.29, 1.82) is 0 Å². The number of cyclic esters (lactones) is 1. The summed E-state index contributed by atoms with van der Waals surface area (Å²) in [6.45, 7) is 1.20. The molecule has 0 radical (unpaired) electrons. The molecule has 0 unspecified atom stereocenters. The summed E-state index contributed by atoms with van der Waals surface area (Å²) in [6, 6.07) is 8.12. The van der Waals surface area contributed by atoms with Gasteiger partial charge in [0.05, 0.1) is 6.61 Å². The number of carbonyl (C=O) groups excluding carboxylic acids is 1. The maximum atomic E-state index is 10.8. The van der Waals surface area contributed by atoms with Crippen molar-refractivity contribution in [3.05, 3.63) is 34.3 Å². The summed E-state index contributed by atoms with van der Waals surface area (Å²) in [5.74, 6) is 0.362. The van der Waals surface area contributed by atoms with E-state index in [0.717, 1.165) is 10.9 Å². The smallest absolute Gasteiger partial charge is 0.407 e. The molecule has 1 fully saturated rings. The second-order valence-corrected chi connectivity index (χ2v) is 4.50. The summed E-state index contributed by atoms with van der Waals surface area (Å²) in [7, 11) is 0. The lowest BCUT2D eigenvalue weighted by molar-refractivity contribution is 0.103. The van der Waals surface area contributed by atoms with Gasteiger partial charge in [-0.2, -0.15) is 0 Å². The first-order chi connectivity index (χ1) is 7.25. The fraction of sp³-hybridized carbons (Fsp3) is 0.364. The Morgan fingerprint density at radius 3 is 2.93 bits per heavy atom. The molecule has 2 rings (SSSR count). The minimum Gasteiger partial charge on any atom is -0.449 e. The van der Waals surface area contributed by atoms with Crippen molar-refractivity contribution < 1.29 is 9.53 Å². The number of ether oxygens (including phenoxy) is 1. The topological polar surface area (TPSA) is 38.3 Å². The highest BCUT2D eigenvalue weighted by atomic mass is 79.9. The van der Waals surface area contributed by atoms with Crippen molar-refractivity contribution in [2.24, 2.45) is 5.92 Å². The minimum atomic E-state index is -0.307. The van der Waals surface area contributed by atoms with Crippen LogP contribution in [0.25, 0.3) is 0 Å². The Bertz CT molecular complexity index is 357. The molecule has 1 aromatic rings. The summed E-state index contributed by atoms with van der Waals surface area (Å²) < 4.78 is 6.05. The van der Waals surface area contributed by atoms with Crippen molar-refractivity contribution in [1.82, 2.24) is 5.32 Å². The molecule has 4 heteroatoms. The second-order valence-electron chi connectivity index (χ2n) is 3.64. The Morgan fingerprint density at radius 2 is 2.27 bits per heavy atom. The molecule has 1 aliphatic rings. The number of alkyl carbamates (subject to hydrolysis) is 1. The van der Waals surface area contributed by atoms with Crippen LogP contribution in [0.4, 0.5) is 4.79 Å². The Kier molecular flexibility index (Phi) is 3.26. The lowest BCUT2D eigenvalue weighted by Gasteiger charge is -2.23. The van der Waals surface area contributed by atoms with E-state index < -0.39 is 0 Å². The number of halogens is 1. The Morgan fingerprint density at radius 1 is 1.47 bits per heavy atom. The molecule has 1 N–H and O–H groups in total. The van der Waals surface area contributed by atoms with Gasteiger partial charge in [0.1, 0.15) is 0 Å². The van der Waals surface area contributed by atoms with Crippen molar-refractivity contribution in [2.45, 2.75) is 6.42 Å². The largest absolute Gasteiger partial charge is 0.449 e. The van der Waals surface area contributed by atoms with Gasteiger partial charge < -0.3 is 10.1 Å². The predicted molar refractivity (Wildman–Crippen MR) is 60.7 cm³/mol. The monoisotopic (exact) mass is 269 g/mol. The number of hydrogen-bond donors (Lipinski definition) is 1. The van der Waals surface area contributed by atoms with Crippen molar-refractivity contribution in [2.75, 3.05) is 13.2 Å². The van der Waals surface area contributed by atoms with E-state index >= 15 is 0 Å². The number of nitrogens with one attached hydrogen (secondary N) is 1. The Balaban J connectivity index is 1.97. The van der Waals surface area contributed by atoms with E-state index in [-0.39, 0.29) is 6.09 Å². The van der Waals surface area contributed by atoms with E-state index in [1.54, 1.807) is 0 Å². The summed E-state index contributed by atoms with van der Waals surface area (Å²) in [5.41, 5.74) is 1.25. The van der Waals surface area contributed by atoms with Crippen LogP contribution in [-0.2, 0) is 11.2 Å². The average Bonchev–Trinajstić information content (AvgIpc) is 2.25. The molecule has 1 heterocycles. The van der Waals surface area contributed by atoms with E-state index in [2.05, 4.69) is 27.3 Å². The molecule has 1 aromatic carbocycles. The highest BCUT2D eigenvalue weighted by Crippen LogP contribution is 2.20. The first kappa shape index (κ1) is 10.5. The van der Waals surface area contributed by atoms with Crippen molar-refractivity contribution in [3.63, 3.8) is 0 Å². The highest BCUT2D eigenvalue weighted by Gasteiger charge is 2.19. The molecule has 1 amide bonds. The van der Waals surface area contributed by atoms with Gasteiger partial charge in [0.15, 0.2) is 0 Å². The molecule has 80 valence electrons. The van der Waals surface area contributed by atoms with Crippen molar-refractivity contribution >= 4 is 22.0 Å². The van der Waals surface area contributed by atoms with E-state index in [1.807, 2.05) is 18.2 Å². The molecule has 1 saturated heterocycles. The van der Waals surface area contributed by atoms with Gasteiger partial charge in [0.25, 0.3) is 0 Å². The SMILES string of the molecule is O=C1NC[C@H](Cc2ccccc2Br)CO1. The molecule has 0 bridgehead atoms. The molecular formula is C11H12BrNO2. The van der Waals surface area contributed by atoms with Crippen LogP contribution in [0.2, 0.25) is 0 Å². The molecule has 1 aliphatic heterocycles. The molecule has 15 heavy (non-hydrogen) atoms. The van der Waals surface area contributed by atoms with Crippen LogP contribution >= 0.6 is 15.9 Å². The number of carbonyl (C=O) groups is 1. The van der Waals surface area contributed by atoms with Gasteiger partial charge in [-0.3, -0.25) is 0 Å². The van der Waals surface area contributed by atoms with Gasteiger partial charge in [0, 0.05) is 16.9 Å². The third kappa shape index (κ3) is 2.72. The van der Waals surface area contributed by atoms with Crippen LogP contribution in [0.15, 0.2) is 28.7 Å². The van der Waals surface area contributed by atoms with Gasteiger partial charge in [-0.05, 0) is 18.1 Å². The van der Waals surface area contributed by atoms with Crippen LogP contribution in [0.5, 0.6) is 0 Å². The lowest BCUT2D eigenvalue weighted by atomic mass is 9.99. The molecular weight excluding hydrogens is 258 g/mol. The maximum Gasteiger partial charge on any atom is 0.407 e. The number of benzene rings is 1. The number of hydrogen-bond acceptors (Lipinski definition) is 2. The van der Waals surface area contributed by atoms with E-state index in [9.17, 15) is 4.79 Å². The zero-order valence-corrected chi connectivity index (χ0v) is 9.79. The van der Waals surface area contributed by atoms with Crippen LogP contribution < -0.4 is 5.32 Å². The van der Waals surface area contributed by atoms with Crippen LogP contribution in [0.1, 0.15) is 5.56 Å². The van der Waals surface area contributed by atoms with Crippen LogP contribution in [-0.4, -0.2) is 19.2 Å². The molecule has 0 aromatic heterocycles. The van der Waals surface area contributed by atoms with Crippen LogP contribution in [0.3, 0.4) is 0 Å². The second kappa shape index (κ2) is 4.66. The molecule has 3 nitrogen and oxygen atoms in total. The summed E-state index contributed by atoms with van der Waals surface area (Å²) in [5, 5.41) is 2.70. The van der Waals surface area contributed by atoms with E-state index in [0.29, 0.717) is 19.1 Å². The molecule has 1 atom stereocenters. The molecule has 0 spiro atoms. The van der Waals surface area contributed by atoms with E-state index in [4.69, 9.17) is 4.74 Å². The third-order valence-corrected chi connectivity index (χ3v) is 3.23. The standard InChI is InChI=1S/C11H12BrNO2/c12-10-4-2-1-3-9(10)5-8-6-13-11(14)15-7-8/h1-4,8H,5-7H2,(H,13,14)/t8-/m0/s1. The van der Waals surface area contributed by atoms with Gasteiger partial charge in [-0.25, -0.2) is 4.79 Å². The highest BCUT2D eigenvalue weighted by molar-refractivity contribution is 9.10. The van der Waals surface area contributed by atoms with Crippen LogP contribution in [0, 0.1) is 5.92 Å². The number of rotatable bonds is 2. The Hall–Kier alpha value is -1.03.